The number of benzene rings is 1. The summed E-state index contributed by atoms with van der Waals surface area (Å²) in [6.45, 7) is 2.22. The number of methoxy groups -OCH3 is 1. The van der Waals surface area contributed by atoms with Gasteiger partial charge in [-0.05, 0) is 47.5 Å². The topological polar surface area (TPSA) is 56.1 Å². The highest BCUT2D eigenvalue weighted by molar-refractivity contribution is 5.45. The van der Waals surface area contributed by atoms with Crippen LogP contribution in [0.4, 0.5) is 0 Å². The van der Waals surface area contributed by atoms with Gasteiger partial charge in [0.05, 0.1) is 12.8 Å². The molecule has 1 aliphatic heterocycles. The van der Waals surface area contributed by atoms with E-state index in [4.69, 9.17) is 4.74 Å². The van der Waals surface area contributed by atoms with Crippen molar-refractivity contribution in [1.82, 2.24) is 25.1 Å². The maximum Gasteiger partial charge on any atom is 0.181 e. The Kier molecular flexibility index (Phi) is 4.68. The highest BCUT2D eigenvalue weighted by atomic mass is 16.5. The van der Waals surface area contributed by atoms with Crippen LogP contribution in [0.25, 0.3) is 11.8 Å². The maximum atomic E-state index is 5.17. The third-order valence-electron chi connectivity index (χ3n) is 3.89. The number of hydrogen-bond acceptors (Lipinski definition) is 5. The van der Waals surface area contributed by atoms with E-state index in [-0.39, 0.29) is 0 Å². The van der Waals surface area contributed by atoms with Crippen molar-refractivity contribution in [2.75, 3.05) is 20.2 Å². The first kappa shape index (κ1) is 14.6. The smallest absolute Gasteiger partial charge is 0.181 e. The first-order valence-electron chi connectivity index (χ1n) is 7.72. The lowest BCUT2D eigenvalue weighted by atomic mass is 10.2. The van der Waals surface area contributed by atoms with Gasteiger partial charge < -0.3 is 9.64 Å². The minimum Gasteiger partial charge on any atom is -0.497 e. The van der Waals surface area contributed by atoms with E-state index in [1.165, 1.54) is 25.7 Å². The molecule has 0 atom stereocenters. The molecule has 1 saturated heterocycles. The Bertz CT molecular complexity index is 612. The highest BCUT2D eigenvalue weighted by Gasteiger charge is 2.08. The number of aromatic nitrogens is 4. The van der Waals surface area contributed by atoms with E-state index in [9.17, 15) is 0 Å². The largest absolute Gasteiger partial charge is 0.497 e. The molecule has 22 heavy (non-hydrogen) atoms. The molecule has 0 spiro atoms. The summed E-state index contributed by atoms with van der Waals surface area (Å²) in [5.41, 5.74) is 0.918. The molecule has 1 aliphatic rings. The van der Waals surface area contributed by atoms with Crippen molar-refractivity contribution >= 4 is 6.08 Å². The summed E-state index contributed by atoms with van der Waals surface area (Å²) in [4.78, 5) is 2.35. The number of nitrogens with zero attached hydrogens (tertiary/aromatic N) is 5. The monoisotopic (exact) mass is 299 g/mol. The van der Waals surface area contributed by atoms with Crippen LogP contribution in [-0.2, 0) is 0 Å². The predicted molar refractivity (Wildman–Crippen MR) is 84.8 cm³/mol. The van der Waals surface area contributed by atoms with Gasteiger partial charge in [0.1, 0.15) is 5.75 Å². The second-order valence-corrected chi connectivity index (χ2v) is 5.41. The van der Waals surface area contributed by atoms with E-state index in [2.05, 4.69) is 26.6 Å². The fourth-order valence-corrected chi connectivity index (χ4v) is 2.62. The lowest BCUT2D eigenvalue weighted by Gasteiger charge is -2.16. The minimum atomic E-state index is 0.731. The molecule has 1 aromatic heterocycles. The predicted octanol–water partition coefficient (Wildman–Crippen LogP) is 2.52. The summed E-state index contributed by atoms with van der Waals surface area (Å²) in [6, 6.07) is 7.69. The number of ether oxygens (including phenoxy) is 1. The van der Waals surface area contributed by atoms with Crippen LogP contribution >= 0.6 is 0 Å². The molecule has 116 valence electrons. The average Bonchev–Trinajstić information content (AvgIpc) is 2.88. The van der Waals surface area contributed by atoms with E-state index in [1.54, 1.807) is 11.8 Å². The van der Waals surface area contributed by atoms with Crippen LogP contribution < -0.4 is 4.74 Å². The van der Waals surface area contributed by atoms with Crippen LogP contribution in [0.3, 0.4) is 0 Å². The van der Waals surface area contributed by atoms with Gasteiger partial charge in [0.25, 0.3) is 0 Å². The highest BCUT2D eigenvalue weighted by Crippen LogP contribution is 2.16. The first-order chi connectivity index (χ1) is 10.9. The minimum absolute atomic E-state index is 0.731. The molecule has 6 heteroatoms. The Morgan fingerprint density at radius 1 is 1.05 bits per heavy atom. The van der Waals surface area contributed by atoms with E-state index in [1.807, 2.05) is 30.3 Å². The molecule has 0 N–H and O–H groups in total. The second kappa shape index (κ2) is 7.06. The van der Waals surface area contributed by atoms with Crippen LogP contribution in [0.15, 0.2) is 30.5 Å². The van der Waals surface area contributed by atoms with Crippen molar-refractivity contribution in [3.05, 3.63) is 36.3 Å². The van der Waals surface area contributed by atoms with Crippen molar-refractivity contribution in [2.45, 2.75) is 25.7 Å². The SMILES string of the molecule is COc1ccc(-n2nnnc2/C=C/N2CCCCCC2)cc1. The van der Waals surface area contributed by atoms with Gasteiger partial charge in [0.15, 0.2) is 5.82 Å². The van der Waals surface area contributed by atoms with Crippen molar-refractivity contribution < 1.29 is 4.74 Å². The van der Waals surface area contributed by atoms with Crippen LogP contribution in [0.5, 0.6) is 5.75 Å². The summed E-state index contributed by atoms with van der Waals surface area (Å²) >= 11 is 0. The average molecular weight is 299 g/mol. The zero-order valence-corrected chi connectivity index (χ0v) is 12.9. The van der Waals surface area contributed by atoms with E-state index < -0.39 is 0 Å². The third kappa shape index (κ3) is 3.44. The summed E-state index contributed by atoms with van der Waals surface area (Å²) in [5.74, 6) is 1.55. The van der Waals surface area contributed by atoms with Crippen LogP contribution in [0, 0.1) is 0 Å². The molecular weight excluding hydrogens is 278 g/mol. The second-order valence-electron chi connectivity index (χ2n) is 5.41. The van der Waals surface area contributed by atoms with E-state index >= 15 is 0 Å². The lowest BCUT2D eigenvalue weighted by molar-refractivity contribution is 0.394. The van der Waals surface area contributed by atoms with Gasteiger partial charge in [-0.3, -0.25) is 0 Å². The molecule has 0 aliphatic carbocycles. The number of hydrogen-bond donors (Lipinski definition) is 0. The molecule has 0 saturated carbocycles. The molecule has 1 fully saturated rings. The van der Waals surface area contributed by atoms with E-state index in [0.29, 0.717) is 0 Å². The Balaban J connectivity index is 1.76. The molecule has 0 bridgehead atoms. The molecule has 3 rings (SSSR count). The zero-order valence-electron chi connectivity index (χ0n) is 12.9. The molecule has 1 aromatic carbocycles. The van der Waals surface area contributed by atoms with Gasteiger partial charge in [-0.2, -0.15) is 4.68 Å². The van der Waals surface area contributed by atoms with Crippen LogP contribution in [-0.4, -0.2) is 45.3 Å². The molecule has 2 aromatic rings. The Labute approximate surface area is 130 Å². The Hall–Kier alpha value is -2.37. The summed E-state index contributed by atoms with van der Waals surface area (Å²) < 4.78 is 6.90. The van der Waals surface area contributed by atoms with Gasteiger partial charge in [-0.1, -0.05) is 12.8 Å². The fourth-order valence-electron chi connectivity index (χ4n) is 2.62. The summed E-state index contributed by atoms with van der Waals surface area (Å²) in [5, 5.41) is 12.0. The first-order valence-corrected chi connectivity index (χ1v) is 7.72. The lowest BCUT2D eigenvalue weighted by Crippen LogP contribution is -2.17. The van der Waals surface area contributed by atoms with Crippen molar-refractivity contribution in [2.24, 2.45) is 0 Å². The maximum absolute atomic E-state index is 5.17. The van der Waals surface area contributed by atoms with E-state index in [0.717, 1.165) is 30.4 Å². The number of likely N-dealkylation sites (tertiary alicyclic amines) is 1. The molecule has 0 amide bonds. The summed E-state index contributed by atoms with van der Waals surface area (Å²) in [7, 11) is 1.65. The summed E-state index contributed by atoms with van der Waals surface area (Å²) in [6.07, 6.45) is 9.26. The van der Waals surface area contributed by atoms with Crippen molar-refractivity contribution in [3.63, 3.8) is 0 Å². The normalized spacial score (nSPS) is 16.0. The van der Waals surface area contributed by atoms with Crippen LogP contribution in [0.2, 0.25) is 0 Å². The molecule has 0 radical (unpaired) electrons. The van der Waals surface area contributed by atoms with Gasteiger partial charge >= 0.3 is 0 Å². The van der Waals surface area contributed by atoms with Crippen LogP contribution in [0.1, 0.15) is 31.5 Å². The van der Waals surface area contributed by atoms with Gasteiger partial charge in [-0.25, -0.2) is 0 Å². The molecule has 6 nitrogen and oxygen atoms in total. The fraction of sp³-hybridized carbons (Fsp3) is 0.438. The van der Waals surface area contributed by atoms with Gasteiger partial charge in [-0.15, -0.1) is 5.10 Å². The molecule has 0 unspecified atom stereocenters. The van der Waals surface area contributed by atoms with Crippen molar-refractivity contribution in [1.29, 1.82) is 0 Å². The zero-order chi connectivity index (χ0) is 15.2. The Morgan fingerprint density at radius 3 is 2.45 bits per heavy atom. The quantitative estimate of drug-likeness (QED) is 0.868. The number of rotatable bonds is 4. The molecular formula is C16H21N5O. The number of tetrazole rings is 1. The van der Waals surface area contributed by atoms with Gasteiger partial charge in [0, 0.05) is 25.4 Å². The standard InChI is InChI=1S/C16H21N5O/c1-22-15-8-6-14(7-9-15)21-16(17-18-19-21)10-13-20-11-4-2-3-5-12-20/h6-10,13H,2-5,11-12H2,1H3/b13-10+. The van der Waals surface area contributed by atoms with Gasteiger partial charge in [0.2, 0.25) is 0 Å². The molecule has 2 heterocycles. The van der Waals surface area contributed by atoms with Crippen molar-refractivity contribution in [3.8, 4) is 11.4 Å². The third-order valence-corrected chi connectivity index (χ3v) is 3.89. The Morgan fingerprint density at radius 2 is 1.77 bits per heavy atom.